The normalized spacial score (nSPS) is 24.7. The zero-order valence-electron chi connectivity index (χ0n) is 14.6. The van der Waals surface area contributed by atoms with E-state index in [0.29, 0.717) is 13.2 Å². The summed E-state index contributed by atoms with van der Waals surface area (Å²) >= 11 is 0. The van der Waals surface area contributed by atoms with E-state index < -0.39 is 0 Å². The third-order valence-corrected chi connectivity index (χ3v) is 5.01. The zero-order chi connectivity index (χ0) is 16.8. The Morgan fingerprint density at radius 2 is 1.96 bits per heavy atom. The number of carbonyl (C=O) groups excluding carboxylic acids is 1. The molecule has 0 saturated carbocycles. The van der Waals surface area contributed by atoms with Crippen molar-refractivity contribution in [3.63, 3.8) is 0 Å². The summed E-state index contributed by atoms with van der Waals surface area (Å²) < 4.78 is 5.36. The summed E-state index contributed by atoms with van der Waals surface area (Å²) in [5.41, 5.74) is 1.90. The van der Waals surface area contributed by atoms with Gasteiger partial charge >= 0.3 is 6.03 Å². The second-order valence-corrected chi connectivity index (χ2v) is 7.29. The van der Waals surface area contributed by atoms with Crippen molar-refractivity contribution in [3.8, 4) is 0 Å². The first-order chi connectivity index (χ1) is 11.6. The van der Waals surface area contributed by atoms with E-state index in [0.717, 1.165) is 25.1 Å². The van der Waals surface area contributed by atoms with E-state index in [-0.39, 0.29) is 11.6 Å². The third-order valence-electron chi connectivity index (χ3n) is 5.01. The minimum atomic E-state index is -0.252. The number of ether oxygens (including phenoxy) is 1. The molecule has 5 nitrogen and oxygen atoms in total. The van der Waals surface area contributed by atoms with Crippen LogP contribution in [0.5, 0.6) is 0 Å². The van der Waals surface area contributed by atoms with Crippen LogP contribution in [0.4, 0.5) is 10.5 Å². The van der Waals surface area contributed by atoms with Crippen LogP contribution in [0.2, 0.25) is 0 Å². The van der Waals surface area contributed by atoms with Crippen LogP contribution in [0.3, 0.4) is 0 Å². The summed E-state index contributed by atoms with van der Waals surface area (Å²) in [7, 11) is 0. The molecule has 0 unspecified atom stereocenters. The summed E-state index contributed by atoms with van der Waals surface area (Å²) in [6, 6.07) is 8.03. The lowest BCUT2D eigenvalue weighted by Gasteiger charge is -2.26. The maximum Gasteiger partial charge on any atom is 0.319 e. The van der Waals surface area contributed by atoms with Crippen molar-refractivity contribution < 1.29 is 9.53 Å². The van der Waals surface area contributed by atoms with Gasteiger partial charge in [-0.05, 0) is 63.4 Å². The molecule has 0 aromatic heterocycles. The fraction of sp³-hybridized carbons (Fsp3) is 0.632. The Morgan fingerprint density at radius 3 is 2.62 bits per heavy atom. The number of carbonyl (C=O) groups is 1. The van der Waals surface area contributed by atoms with Crippen LogP contribution in [0.25, 0.3) is 0 Å². The fourth-order valence-electron chi connectivity index (χ4n) is 3.43. The maximum absolute atomic E-state index is 12.1. The maximum atomic E-state index is 12.1. The van der Waals surface area contributed by atoms with Crippen LogP contribution in [-0.2, 0) is 11.2 Å². The zero-order valence-corrected chi connectivity index (χ0v) is 14.6. The molecule has 2 saturated heterocycles. The van der Waals surface area contributed by atoms with Crippen LogP contribution in [-0.4, -0.2) is 49.3 Å². The number of anilines is 1. The van der Waals surface area contributed by atoms with Crippen LogP contribution < -0.4 is 10.6 Å². The van der Waals surface area contributed by atoms with E-state index in [9.17, 15) is 4.79 Å². The molecule has 2 aliphatic rings. The molecule has 2 aliphatic heterocycles. The van der Waals surface area contributed by atoms with Crippen molar-refractivity contribution in [1.82, 2.24) is 10.2 Å². The molecule has 2 heterocycles. The highest BCUT2D eigenvalue weighted by atomic mass is 16.5. The van der Waals surface area contributed by atoms with E-state index >= 15 is 0 Å². The van der Waals surface area contributed by atoms with Gasteiger partial charge in [-0.2, -0.15) is 0 Å². The van der Waals surface area contributed by atoms with Crippen molar-refractivity contribution in [1.29, 1.82) is 0 Å². The Balaban J connectivity index is 1.44. The van der Waals surface area contributed by atoms with Gasteiger partial charge in [0.2, 0.25) is 0 Å². The number of nitrogens with zero attached hydrogens (tertiary/aromatic N) is 1. The van der Waals surface area contributed by atoms with Crippen LogP contribution in [0.1, 0.15) is 38.2 Å². The molecule has 0 bridgehead atoms. The van der Waals surface area contributed by atoms with Crippen molar-refractivity contribution in [2.24, 2.45) is 0 Å². The van der Waals surface area contributed by atoms with Gasteiger partial charge in [0.25, 0.3) is 0 Å². The van der Waals surface area contributed by atoms with Crippen molar-refractivity contribution in [3.05, 3.63) is 29.8 Å². The summed E-state index contributed by atoms with van der Waals surface area (Å²) in [5, 5.41) is 5.92. The molecule has 0 aliphatic carbocycles. The number of urea groups is 1. The lowest BCUT2D eigenvalue weighted by molar-refractivity contribution is 0.172. The lowest BCUT2D eigenvalue weighted by Crippen LogP contribution is -2.48. The van der Waals surface area contributed by atoms with E-state index in [4.69, 9.17) is 4.74 Å². The van der Waals surface area contributed by atoms with E-state index in [1.807, 2.05) is 19.1 Å². The smallest absolute Gasteiger partial charge is 0.319 e. The second-order valence-electron chi connectivity index (χ2n) is 7.29. The predicted molar refractivity (Wildman–Crippen MR) is 96.4 cm³/mol. The minimum Gasteiger partial charge on any atom is -0.379 e. The van der Waals surface area contributed by atoms with Gasteiger partial charge in [-0.15, -0.1) is 0 Å². The highest BCUT2D eigenvalue weighted by Crippen LogP contribution is 2.18. The molecule has 2 amide bonds. The minimum absolute atomic E-state index is 0.163. The molecule has 24 heavy (non-hydrogen) atoms. The van der Waals surface area contributed by atoms with E-state index in [1.165, 1.54) is 37.9 Å². The van der Waals surface area contributed by atoms with Crippen LogP contribution >= 0.6 is 0 Å². The molecular weight excluding hydrogens is 302 g/mol. The lowest BCUT2D eigenvalue weighted by atomic mass is 10.0. The van der Waals surface area contributed by atoms with Gasteiger partial charge in [-0.25, -0.2) is 4.79 Å². The quantitative estimate of drug-likeness (QED) is 0.872. The topological polar surface area (TPSA) is 53.6 Å². The monoisotopic (exact) mass is 331 g/mol. The number of hydrogen-bond acceptors (Lipinski definition) is 3. The van der Waals surface area contributed by atoms with Gasteiger partial charge in [0.15, 0.2) is 0 Å². The van der Waals surface area contributed by atoms with Gasteiger partial charge in [-0.3, -0.25) is 0 Å². The van der Waals surface area contributed by atoms with E-state index in [1.54, 1.807) is 0 Å². The summed E-state index contributed by atoms with van der Waals surface area (Å²) in [6.45, 7) is 6.91. The predicted octanol–water partition coefficient (Wildman–Crippen LogP) is 3.02. The molecule has 2 N–H and O–H groups in total. The molecule has 0 spiro atoms. The Labute approximate surface area is 144 Å². The van der Waals surface area contributed by atoms with Gasteiger partial charge < -0.3 is 20.3 Å². The molecule has 1 atom stereocenters. The molecule has 1 aromatic carbocycles. The van der Waals surface area contributed by atoms with Crippen molar-refractivity contribution in [2.75, 3.05) is 38.2 Å². The molecule has 3 rings (SSSR count). The van der Waals surface area contributed by atoms with Crippen LogP contribution in [0.15, 0.2) is 24.3 Å². The molecule has 5 heteroatoms. The number of nitrogens with one attached hydrogen (secondary N) is 2. The van der Waals surface area contributed by atoms with Crippen LogP contribution in [0, 0.1) is 0 Å². The summed E-state index contributed by atoms with van der Waals surface area (Å²) in [6.07, 6.45) is 5.98. The summed E-state index contributed by atoms with van der Waals surface area (Å²) in [5.74, 6) is 0. The Bertz CT molecular complexity index is 532. The van der Waals surface area contributed by atoms with Crippen molar-refractivity contribution >= 4 is 11.7 Å². The molecule has 132 valence electrons. The Hall–Kier alpha value is -1.59. The first-order valence-corrected chi connectivity index (χ1v) is 9.11. The van der Waals surface area contributed by atoms with Crippen molar-refractivity contribution in [2.45, 2.75) is 44.6 Å². The number of hydrogen-bond donors (Lipinski definition) is 2. The average Bonchev–Trinajstić information content (AvgIpc) is 3.01. The number of rotatable bonds is 5. The number of benzene rings is 1. The SMILES string of the molecule is C[C@@]1(NC(=O)Nc2ccc(CCN3CCCCC3)cc2)CCOC1. The Morgan fingerprint density at radius 1 is 1.21 bits per heavy atom. The first-order valence-electron chi connectivity index (χ1n) is 9.11. The number of piperidine rings is 1. The largest absolute Gasteiger partial charge is 0.379 e. The Kier molecular flexibility index (Phi) is 5.74. The molecule has 2 fully saturated rings. The molecule has 1 aromatic rings. The first kappa shape index (κ1) is 17.2. The number of amides is 2. The van der Waals surface area contributed by atoms with E-state index in [2.05, 4.69) is 27.7 Å². The highest BCUT2D eigenvalue weighted by Gasteiger charge is 2.31. The highest BCUT2D eigenvalue weighted by molar-refractivity contribution is 5.89. The van der Waals surface area contributed by atoms with Gasteiger partial charge in [0.1, 0.15) is 0 Å². The second kappa shape index (κ2) is 7.99. The van der Waals surface area contributed by atoms with Gasteiger partial charge in [0, 0.05) is 18.8 Å². The summed E-state index contributed by atoms with van der Waals surface area (Å²) in [4.78, 5) is 14.7. The van der Waals surface area contributed by atoms with Gasteiger partial charge in [0.05, 0.1) is 12.1 Å². The standard InChI is InChI=1S/C19H29N3O2/c1-19(10-14-24-15-19)21-18(23)20-17-7-5-16(6-8-17)9-13-22-11-3-2-4-12-22/h5-8H,2-4,9-15H2,1H3,(H2,20,21,23)/t19-/m1/s1. The third kappa shape index (κ3) is 4.95. The average molecular weight is 331 g/mol. The molecular formula is C19H29N3O2. The van der Waals surface area contributed by atoms with Gasteiger partial charge in [-0.1, -0.05) is 18.6 Å². The molecule has 0 radical (unpaired) electrons. The number of likely N-dealkylation sites (tertiary alicyclic amines) is 1. The fourth-order valence-corrected chi connectivity index (χ4v) is 3.43.